The van der Waals surface area contributed by atoms with Crippen molar-refractivity contribution >= 4 is 5.97 Å². The molecule has 88 valence electrons. The quantitative estimate of drug-likeness (QED) is 0.593. The highest BCUT2D eigenvalue weighted by atomic mass is 16.4. The van der Waals surface area contributed by atoms with Gasteiger partial charge in [0.2, 0.25) is 0 Å². The molecule has 3 atom stereocenters. The zero-order chi connectivity index (χ0) is 11.4. The molecule has 1 aliphatic heterocycles. The van der Waals surface area contributed by atoms with Gasteiger partial charge in [-0.1, -0.05) is 13.3 Å². The Kier molecular flexibility index (Phi) is 4.50. The molecule has 15 heavy (non-hydrogen) atoms. The van der Waals surface area contributed by atoms with E-state index in [0.29, 0.717) is 6.54 Å². The molecule has 0 spiro atoms. The maximum atomic E-state index is 10.5. The molecule has 0 aromatic carbocycles. The minimum Gasteiger partial charge on any atom is -0.480 e. The number of carboxylic acids is 1. The van der Waals surface area contributed by atoms with Crippen LogP contribution in [0.5, 0.6) is 0 Å². The van der Waals surface area contributed by atoms with Crippen molar-refractivity contribution in [3.8, 4) is 0 Å². The third-order valence-electron chi connectivity index (χ3n) is 2.83. The van der Waals surface area contributed by atoms with Gasteiger partial charge in [0.1, 0.15) is 0 Å². The highest BCUT2D eigenvalue weighted by molar-refractivity contribution is 5.69. The fourth-order valence-electron chi connectivity index (χ4n) is 2.15. The predicted octanol–water partition coefficient (Wildman–Crippen LogP) is -0.475. The van der Waals surface area contributed by atoms with Crippen molar-refractivity contribution in [3.05, 3.63) is 0 Å². The Labute approximate surface area is 89.3 Å². The Morgan fingerprint density at radius 3 is 2.60 bits per heavy atom. The minimum atomic E-state index is -0.895. The Hall–Kier alpha value is -0.650. The minimum absolute atomic E-state index is 0.0156. The van der Waals surface area contributed by atoms with Gasteiger partial charge in [-0.2, -0.15) is 0 Å². The van der Waals surface area contributed by atoms with Crippen molar-refractivity contribution in [2.45, 2.75) is 32.0 Å². The number of hydrogen-bond donors (Lipinski definition) is 3. The second-order valence-electron chi connectivity index (χ2n) is 4.19. The van der Waals surface area contributed by atoms with Crippen LogP contribution in [0.3, 0.4) is 0 Å². The van der Waals surface area contributed by atoms with Gasteiger partial charge < -0.3 is 15.3 Å². The summed E-state index contributed by atoms with van der Waals surface area (Å²) in [7, 11) is 0. The smallest absolute Gasteiger partial charge is 0.317 e. The summed E-state index contributed by atoms with van der Waals surface area (Å²) in [6, 6.07) is 0. The zero-order valence-corrected chi connectivity index (χ0v) is 8.96. The lowest BCUT2D eigenvalue weighted by Gasteiger charge is -2.38. The van der Waals surface area contributed by atoms with Crippen molar-refractivity contribution in [2.24, 2.45) is 5.92 Å². The lowest BCUT2D eigenvalue weighted by atomic mass is 9.89. The van der Waals surface area contributed by atoms with Crippen LogP contribution in [0.2, 0.25) is 0 Å². The molecule has 0 radical (unpaired) electrons. The van der Waals surface area contributed by atoms with Crippen molar-refractivity contribution in [1.29, 1.82) is 0 Å². The lowest BCUT2D eigenvalue weighted by Crippen LogP contribution is -2.53. The van der Waals surface area contributed by atoms with Gasteiger partial charge in [-0.3, -0.25) is 9.69 Å². The summed E-state index contributed by atoms with van der Waals surface area (Å²) in [6.45, 7) is 2.74. The molecule has 0 aromatic rings. The molecule has 0 saturated carbocycles. The first-order chi connectivity index (χ1) is 7.04. The SMILES string of the molecule is CCC[C@@H]1CN(CC(=O)O)C[C@H](O)[C@H]1O. The number of nitrogens with zero attached hydrogens (tertiary/aromatic N) is 1. The third kappa shape index (κ3) is 3.44. The van der Waals surface area contributed by atoms with Gasteiger partial charge in [0, 0.05) is 19.0 Å². The lowest BCUT2D eigenvalue weighted by molar-refractivity contribution is -0.141. The Morgan fingerprint density at radius 2 is 2.07 bits per heavy atom. The van der Waals surface area contributed by atoms with Crippen LogP contribution in [0, 0.1) is 5.92 Å². The Bertz CT molecular complexity index is 221. The summed E-state index contributed by atoms with van der Waals surface area (Å²) in [4.78, 5) is 12.2. The number of carboxylic acid groups (broad SMARTS) is 1. The van der Waals surface area contributed by atoms with E-state index in [0.717, 1.165) is 12.8 Å². The van der Waals surface area contributed by atoms with E-state index >= 15 is 0 Å². The van der Waals surface area contributed by atoms with E-state index in [1.165, 1.54) is 0 Å². The van der Waals surface area contributed by atoms with Crippen LogP contribution in [-0.4, -0.2) is 58.0 Å². The number of carbonyl (C=O) groups is 1. The van der Waals surface area contributed by atoms with E-state index in [-0.39, 0.29) is 19.0 Å². The highest BCUT2D eigenvalue weighted by Crippen LogP contribution is 2.21. The third-order valence-corrected chi connectivity index (χ3v) is 2.83. The fourth-order valence-corrected chi connectivity index (χ4v) is 2.15. The summed E-state index contributed by atoms with van der Waals surface area (Å²) >= 11 is 0. The number of aliphatic hydroxyl groups is 2. The second kappa shape index (κ2) is 5.44. The van der Waals surface area contributed by atoms with Gasteiger partial charge >= 0.3 is 5.97 Å². The number of rotatable bonds is 4. The van der Waals surface area contributed by atoms with E-state index in [9.17, 15) is 15.0 Å². The molecule has 1 saturated heterocycles. The van der Waals surface area contributed by atoms with E-state index in [1.807, 2.05) is 6.92 Å². The van der Waals surface area contributed by atoms with Crippen molar-refractivity contribution in [3.63, 3.8) is 0 Å². The first-order valence-corrected chi connectivity index (χ1v) is 5.34. The molecule has 0 unspecified atom stereocenters. The number of aliphatic carboxylic acids is 1. The van der Waals surface area contributed by atoms with Crippen LogP contribution < -0.4 is 0 Å². The van der Waals surface area contributed by atoms with Crippen molar-refractivity contribution < 1.29 is 20.1 Å². The maximum Gasteiger partial charge on any atom is 0.317 e. The van der Waals surface area contributed by atoms with Gasteiger partial charge in [-0.25, -0.2) is 0 Å². The summed E-state index contributed by atoms with van der Waals surface area (Å²) < 4.78 is 0. The predicted molar refractivity (Wildman–Crippen MR) is 54.5 cm³/mol. The number of piperidine rings is 1. The normalized spacial score (nSPS) is 32.9. The molecule has 5 heteroatoms. The van der Waals surface area contributed by atoms with Gasteiger partial charge in [0.05, 0.1) is 18.8 Å². The molecule has 1 fully saturated rings. The topological polar surface area (TPSA) is 81.0 Å². The van der Waals surface area contributed by atoms with Crippen LogP contribution >= 0.6 is 0 Å². The first-order valence-electron chi connectivity index (χ1n) is 5.34. The number of aliphatic hydroxyl groups excluding tert-OH is 2. The summed E-state index contributed by atoms with van der Waals surface area (Å²) in [6.07, 6.45) is 0.202. The van der Waals surface area contributed by atoms with Gasteiger partial charge in [-0.15, -0.1) is 0 Å². The number of likely N-dealkylation sites (tertiary alicyclic amines) is 1. The molecular weight excluding hydrogens is 198 g/mol. The molecule has 0 aliphatic carbocycles. The number of hydrogen-bond acceptors (Lipinski definition) is 4. The Morgan fingerprint density at radius 1 is 1.40 bits per heavy atom. The molecule has 0 aromatic heterocycles. The van der Waals surface area contributed by atoms with Crippen LogP contribution in [-0.2, 0) is 4.79 Å². The largest absolute Gasteiger partial charge is 0.480 e. The Balaban J connectivity index is 2.54. The molecule has 0 amide bonds. The monoisotopic (exact) mass is 217 g/mol. The van der Waals surface area contributed by atoms with Crippen LogP contribution in [0.25, 0.3) is 0 Å². The molecule has 1 heterocycles. The molecule has 1 aliphatic rings. The number of β-amino-alcohol motifs (C(OH)–C–C–N with tert-alkyl or cyclic N) is 1. The average Bonchev–Trinajstić information content (AvgIpc) is 2.12. The van der Waals surface area contributed by atoms with E-state index in [4.69, 9.17) is 5.11 Å². The highest BCUT2D eigenvalue weighted by Gasteiger charge is 2.34. The van der Waals surface area contributed by atoms with Crippen LogP contribution in [0.15, 0.2) is 0 Å². The second-order valence-corrected chi connectivity index (χ2v) is 4.19. The van der Waals surface area contributed by atoms with Gasteiger partial charge in [-0.05, 0) is 6.42 Å². The molecular formula is C10H19NO4. The zero-order valence-electron chi connectivity index (χ0n) is 8.96. The molecule has 1 rings (SSSR count). The summed E-state index contributed by atoms with van der Waals surface area (Å²) in [5.74, 6) is -0.910. The molecule has 3 N–H and O–H groups in total. The first kappa shape index (κ1) is 12.4. The maximum absolute atomic E-state index is 10.5. The van der Waals surface area contributed by atoms with Crippen molar-refractivity contribution in [1.82, 2.24) is 4.90 Å². The van der Waals surface area contributed by atoms with Crippen molar-refractivity contribution in [2.75, 3.05) is 19.6 Å². The standard InChI is InChI=1S/C10H19NO4/c1-2-3-7-4-11(6-9(13)14)5-8(12)10(7)15/h7-8,10,12,15H,2-6H2,1H3,(H,13,14)/t7-,8+,10+/m1/s1. The van der Waals surface area contributed by atoms with Crippen LogP contribution in [0.4, 0.5) is 0 Å². The molecule has 5 nitrogen and oxygen atoms in total. The van der Waals surface area contributed by atoms with Gasteiger partial charge in [0.15, 0.2) is 0 Å². The summed E-state index contributed by atoms with van der Waals surface area (Å²) in [5.41, 5.74) is 0. The summed E-state index contributed by atoms with van der Waals surface area (Å²) in [5, 5.41) is 27.9. The van der Waals surface area contributed by atoms with Gasteiger partial charge in [0.25, 0.3) is 0 Å². The van der Waals surface area contributed by atoms with E-state index < -0.39 is 18.2 Å². The van der Waals surface area contributed by atoms with E-state index in [2.05, 4.69) is 0 Å². The van der Waals surface area contributed by atoms with Crippen LogP contribution in [0.1, 0.15) is 19.8 Å². The molecule has 0 bridgehead atoms. The average molecular weight is 217 g/mol. The fraction of sp³-hybridized carbons (Fsp3) is 0.900. The van der Waals surface area contributed by atoms with E-state index in [1.54, 1.807) is 4.90 Å².